The lowest BCUT2D eigenvalue weighted by Gasteiger charge is -2.08. The minimum Gasteiger partial charge on any atom is -0.484 e. The summed E-state index contributed by atoms with van der Waals surface area (Å²) in [5, 5.41) is 12.9. The minimum absolute atomic E-state index is 0.153. The third kappa shape index (κ3) is 5.51. The van der Waals surface area contributed by atoms with Crippen LogP contribution in [0.4, 0.5) is 5.82 Å². The summed E-state index contributed by atoms with van der Waals surface area (Å²) in [7, 11) is 1.79. The molecule has 0 bridgehead atoms. The quantitative estimate of drug-likeness (QED) is 0.526. The Hall–Kier alpha value is -2.00. The number of anilines is 1. The summed E-state index contributed by atoms with van der Waals surface area (Å²) < 4.78 is 7.42. The molecule has 3 aromatic rings. The van der Waals surface area contributed by atoms with Crippen molar-refractivity contribution < 1.29 is 9.53 Å². The van der Waals surface area contributed by atoms with E-state index in [1.165, 1.54) is 18.0 Å². The van der Waals surface area contributed by atoms with Gasteiger partial charge in [0.05, 0.1) is 15.8 Å². The Morgan fingerprint density at radius 1 is 1.18 bits per heavy atom. The summed E-state index contributed by atoms with van der Waals surface area (Å²) >= 11 is 19.0. The van der Waals surface area contributed by atoms with Crippen LogP contribution in [0.15, 0.2) is 41.7 Å². The van der Waals surface area contributed by atoms with Gasteiger partial charge in [0, 0.05) is 18.3 Å². The van der Waals surface area contributed by atoms with Crippen molar-refractivity contribution in [3.8, 4) is 5.75 Å². The molecule has 0 aliphatic rings. The summed E-state index contributed by atoms with van der Waals surface area (Å²) in [6.45, 7) is 0.173. The Morgan fingerprint density at radius 2 is 1.96 bits per heavy atom. The van der Waals surface area contributed by atoms with Crippen molar-refractivity contribution in [1.29, 1.82) is 0 Å². The fourth-order valence-corrected chi connectivity index (χ4v) is 3.39. The van der Waals surface area contributed by atoms with Gasteiger partial charge in [-0.3, -0.25) is 4.79 Å². The van der Waals surface area contributed by atoms with Crippen LogP contribution in [-0.4, -0.2) is 31.4 Å². The molecule has 0 aliphatic heterocycles. The Balaban J connectivity index is 1.54. The highest BCUT2D eigenvalue weighted by Gasteiger charge is 2.13. The number of nitrogens with one attached hydrogen (secondary N) is 1. The van der Waals surface area contributed by atoms with Gasteiger partial charge in [-0.05, 0) is 30.3 Å². The summed E-state index contributed by atoms with van der Waals surface area (Å²) in [5.41, 5.74) is 0. The molecule has 11 heteroatoms. The number of hydrogen-bond acceptors (Lipinski definition) is 6. The zero-order valence-corrected chi connectivity index (χ0v) is 17.6. The lowest BCUT2D eigenvalue weighted by atomic mass is 10.3. The third-order valence-corrected chi connectivity index (χ3v) is 5.28. The fraction of sp³-hybridized carbons (Fsp3) is 0.176. The van der Waals surface area contributed by atoms with Crippen molar-refractivity contribution in [2.24, 2.45) is 7.05 Å². The molecule has 0 radical (unpaired) electrons. The molecule has 0 saturated heterocycles. The van der Waals surface area contributed by atoms with Crippen molar-refractivity contribution in [3.05, 3.63) is 57.4 Å². The monoisotopic (exact) mass is 457 g/mol. The number of benzene rings is 1. The molecule has 1 aromatic carbocycles. The van der Waals surface area contributed by atoms with E-state index in [-0.39, 0.29) is 18.3 Å². The number of amides is 1. The van der Waals surface area contributed by atoms with Gasteiger partial charge in [-0.2, -0.15) is 0 Å². The Bertz CT molecular complexity index is 981. The number of carbonyl (C=O) groups excluding carboxylic acids is 1. The van der Waals surface area contributed by atoms with Crippen LogP contribution in [0.5, 0.6) is 5.75 Å². The van der Waals surface area contributed by atoms with Gasteiger partial charge in [0.15, 0.2) is 11.0 Å². The van der Waals surface area contributed by atoms with E-state index in [4.69, 9.17) is 39.5 Å². The zero-order valence-electron chi connectivity index (χ0n) is 14.5. The van der Waals surface area contributed by atoms with Crippen LogP contribution < -0.4 is 10.1 Å². The summed E-state index contributed by atoms with van der Waals surface area (Å²) in [4.78, 5) is 16.1. The van der Waals surface area contributed by atoms with E-state index < -0.39 is 0 Å². The van der Waals surface area contributed by atoms with E-state index in [2.05, 4.69) is 20.5 Å². The molecule has 1 N–H and O–H groups in total. The van der Waals surface area contributed by atoms with Crippen molar-refractivity contribution >= 4 is 58.3 Å². The Kier molecular flexibility index (Phi) is 7.01. The highest BCUT2D eigenvalue weighted by atomic mass is 35.5. The van der Waals surface area contributed by atoms with E-state index >= 15 is 0 Å². The Labute approximate surface area is 180 Å². The first-order valence-electron chi connectivity index (χ1n) is 7.92. The first-order chi connectivity index (χ1) is 13.4. The van der Waals surface area contributed by atoms with Gasteiger partial charge in [0.1, 0.15) is 18.2 Å². The molecule has 2 aromatic heterocycles. The molecule has 0 unspecified atom stereocenters. The lowest BCUT2D eigenvalue weighted by Crippen LogP contribution is -2.15. The maximum Gasteiger partial charge on any atom is 0.236 e. The highest BCUT2D eigenvalue weighted by Crippen LogP contribution is 2.28. The van der Waals surface area contributed by atoms with E-state index in [0.29, 0.717) is 37.6 Å². The number of rotatable bonds is 7. The van der Waals surface area contributed by atoms with Gasteiger partial charge in [-0.25, -0.2) is 4.98 Å². The topological polar surface area (TPSA) is 81.9 Å². The summed E-state index contributed by atoms with van der Waals surface area (Å²) in [6, 6.07) is 8.26. The maximum atomic E-state index is 12.1. The van der Waals surface area contributed by atoms with Crippen LogP contribution in [0.2, 0.25) is 15.1 Å². The van der Waals surface area contributed by atoms with E-state index in [0.717, 1.165) is 0 Å². The predicted octanol–water partition coefficient (Wildman–Crippen LogP) is 4.48. The normalized spacial score (nSPS) is 10.7. The molecule has 0 fully saturated rings. The lowest BCUT2D eigenvalue weighted by molar-refractivity contribution is -0.113. The molecule has 3 rings (SSSR count). The van der Waals surface area contributed by atoms with Gasteiger partial charge in [0.2, 0.25) is 5.91 Å². The fourth-order valence-electron chi connectivity index (χ4n) is 2.09. The van der Waals surface area contributed by atoms with Gasteiger partial charge >= 0.3 is 0 Å². The number of carbonyl (C=O) groups is 1. The molecular formula is C17H14Cl3N5O2S. The summed E-state index contributed by atoms with van der Waals surface area (Å²) in [6.07, 6.45) is 1.46. The number of nitrogens with zero attached hydrogens (tertiary/aromatic N) is 4. The molecule has 1 amide bonds. The molecule has 7 nitrogen and oxygen atoms in total. The first kappa shape index (κ1) is 20.7. The molecular weight excluding hydrogens is 445 g/mol. The van der Waals surface area contributed by atoms with Crippen LogP contribution in [-0.2, 0) is 18.4 Å². The molecule has 146 valence electrons. The third-order valence-electron chi connectivity index (χ3n) is 3.50. The van der Waals surface area contributed by atoms with Crippen LogP contribution in [0.3, 0.4) is 0 Å². The maximum absolute atomic E-state index is 12.1. The standard InChI is InChI=1S/C17H14Cl3N5O2S/c1-25-15(8-27-13-4-2-10(18)6-12(13)20)23-24-17(25)28-9-16(26)22-14-5-3-11(19)7-21-14/h2-7H,8-9H2,1H3,(H,21,22,26). The van der Waals surface area contributed by atoms with Crippen molar-refractivity contribution in [3.63, 3.8) is 0 Å². The van der Waals surface area contributed by atoms with Gasteiger partial charge in [0.25, 0.3) is 0 Å². The van der Waals surface area contributed by atoms with E-state index in [1.807, 2.05) is 0 Å². The minimum atomic E-state index is -0.214. The van der Waals surface area contributed by atoms with Gasteiger partial charge < -0.3 is 14.6 Å². The predicted molar refractivity (Wildman–Crippen MR) is 110 cm³/mol. The smallest absolute Gasteiger partial charge is 0.236 e. The van der Waals surface area contributed by atoms with Crippen LogP contribution in [0.25, 0.3) is 0 Å². The molecule has 2 heterocycles. The largest absolute Gasteiger partial charge is 0.484 e. The number of aromatic nitrogens is 4. The first-order valence-corrected chi connectivity index (χ1v) is 10.0. The zero-order chi connectivity index (χ0) is 20.1. The average Bonchev–Trinajstić information content (AvgIpc) is 3.01. The number of ether oxygens (including phenoxy) is 1. The van der Waals surface area contributed by atoms with Crippen LogP contribution in [0.1, 0.15) is 5.82 Å². The number of hydrogen-bond donors (Lipinski definition) is 1. The summed E-state index contributed by atoms with van der Waals surface area (Å²) in [5.74, 6) is 1.46. The van der Waals surface area contributed by atoms with E-state index in [9.17, 15) is 4.79 Å². The number of halogens is 3. The molecule has 0 aliphatic carbocycles. The van der Waals surface area contributed by atoms with Crippen LogP contribution in [0, 0.1) is 0 Å². The molecule has 0 saturated carbocycles. The van der Waals surface area contributed by atoms with Crippen LogP contribution >= 0.6 is 46.6 Å². The molecule has 0 atom stereocenters. The second-order valence-electron chi connectivity index (χ2n) is 5.52. The van der Waals surface area contributed by atoms with E-state index in [1.54, 1.807) is 41.9 Å². The van der Waals surface area contributed by atoms with Crippen molar-refractivity contribution in [1.82, 2.24) is 19.7 Å². The molecule has 28 heavy (non-hydrogen) atoms. The average molecular weight is 459 g/mol. The second kappa shape index (κ2) is 9.47. The SMILES string of the molecule is Cn1c(COc2ccc(Cl)cc2Cl)nnc1SCC(=O)Nc1ccc(Cl)cn1. The van der Waals surface area contributed by atoms with Crippen molar-refractivity contribution in [2.45, 2.75) is 11.8 Å². The van der Waals surface area contributed by atoms with Crippen molar-refractivity contribution in [2.75, 3.05) is 11.1 Å². The van der Waals surface area contributed by atoms with Gasteiger partial charge in [-0.15, -0.1) is 10.2 Å². The highest BCUT2D eigenvalue weighted by molar-refractivity contribution is 7.99. The second-order valence-corrected chi connectivity index (χ2v) is 7.74. The number of pyridine rings is 1. The Morgan fingerprint density at radius 3 is 2.68 bits per heavy atom. The number of thioether (sulfide) groups is 1. The molecule has 0 spiro atoms. The van der Waals surface area contributed by atoms with Gasteiger partial charge in [-0.1, -0.05) is 46.6 Å².